The minimum Gasteiger partial charge on any atom is -0.325 e. The van der Waals surface area contributed by atoms with Crippen LogP contribution in [0.3, 0.4) is 0 Å². The average Bonchev–Trinajstić information content (AvgIpc) is 2.53. The van der Waals surface area contributed by atoms with Crippen molar-refractivity contribution in [3.8, 4) is 0 Å². The number of carbonyl (C=O) groups is 1. The molecule has 0 aliphatic rings. The number of halogens is 4. The Kier molecular flexibility index (Phi) is 6.16. The van der Waals surface area contributed by atoms with Crippen LogP contribution >= 0.6 is 11.6 Å². The van der Waals surface area contributed by atoms with E-state index in [0.29, 0.717) is 13.1 Å². The highest BCUT2D eigenvalue weighted by Crippen LogP contribution is 2.33. The number of amides is 1. The summed E-state index contributed by atoms with van der Waals surface area (Å²) in [7, 11) is 0. The molecule has 1 amide bonds. The predicted octanol–water partition coefficient (Wildman–Crippen LogP) is 3.87. The van der Waals surface area contributed by atoms with Gasteiger partial charge in [0.25, 0.3) is 0 Å². The number of nitrogens with one attached hydrogen (secondary N) is 2. The summed E-state index contributed by atoms with van der Waals surface area (Å²) in [6.45, 7) is 0.919. The quantitative estimate of drug-likeness (QED) is 0.772. The van der Waals surface area contributed by atoms with Crippen LogP contribution in [0.4, 0.5) is 18.9 Å². The van der Waals surface area contributed by atoms with Gasteiger partial charge in [-0.1, -0.05) is 17.7 Å². The number of benzene rings is 1. The number of nitrogens with zero attached hydrogens (tertiary/aromatic N) is 1. The topological polar surface area (TPSA) is 54.0 Å². The Morgan fingerprint density at radius 1 is 1.25 bits per heavy atom. The second kappa shape index (κ2) is 8.12. The second-order valence-corrected chi connectivity index (χ2v) is 5.44. The summed E-state index contributed by atoms with van der Waals surface area (Å²) < 4.78 is 38.0. The lowest BCUT2D eigenvalue weighted by Gasteiger charge is -2.12. The number of hydrogen-bond donors (Lipinski definition) is 2. The van der Waals surface area contributed by atoms with Gasteiger partial charge in [-0.2, -0.15) is 13.2 Å². The van der Waals surface area contributed by atoms with E-state index in [-0.39, 0.29) is 17.1 Å². The fourth-order valence-corrected chi connectivity index (χ4v) is 2.11. The van der Waals surface area contributed by atoms with Crippen LogP contribution in [0.25, 0.3) is 0 Å². The maximum absolute atomic E-state index is 12.7. The highest BCUT2D eigenvalue weighted by Gasteiger charge is 2.31. The van der Waals surface area contributed by atoms with Crippen LogP contribution in [0.5, 0.6) is 0 Å². The molecule has 2 N–H and O–H groups in total. The van der Waals surface area contributed by atoms with E-state index in [1.807, 2.05) is 6.07 Å². The molecule has 1 heterocycles. The van der Waals surface area contributed by atoms with Gasteiger partial charge in [-0.15, -0.1) is 0 Å². The molecule has 4 nitrogen and oxygen atoms in total. The lowest BCUT2D eigenvalue weighted by molar-refractivity contribution is -0.137. The average molecular weight is 358 g/mol. The van der Waals surface area contributed by atoms with E-state index in [9.17, 15) is 18.0 Å². The third-order valence-electron chi connectivity index (χ3n) is 3.15. The molecule has 8 heteroatoms. The van der Waals surface area contributed by atoms with Crippen molar-refractivity contribution in [3.05, 3.63) is 58.9 Å². The molecule has 2 rings (SSSR count). The monoisotopic (exact) mass is 357 g/mol. The number of hydrogen-bond acceptors (Lipinski definition) is 3. The second-order valence-electron chi connectivity index (χ2n) is 5.03. The molecule has 0 atom stereocenters. The van der Waals surface area contributed by atoms with Crippen LogP contribution in [0, 0.1) is 0 Å². The molecule has 0 radical (unpaired) electrons. The van der Waals surface area contributed by atoms with Crippen molar-refractivity contribution in [1.82, 2.24) is 10.3 Å². The Morgan fingerprint density at radius 2 is 2.04 bits per heavy atom. The maximum atomic E-state index is 12.7. The molecule has 128 valence electrons. The molecule has 0 aliphatic carbocycles. The van der Waals surface area contributed by atoms with Gasteiger partial charge in [-0.3, -0.25) is 9.78 Å². The Hall–Kier alpha value is -2.12. The van der Waals surface area contributed by atoms with Crippen molar-refractivity contribution in [2.45, 2.75) is 19.1 Å². The molecular formula is C16H15ClF3N3O. The van der Waals surface area contributed by atoms with Crippen LogP contribution < -0.4 is 10.6 Å². The Balaban J connectivity index is 1.84. The number of pyridine rings is 1. The number of aromatic nitrogens is 1. The molecule has 24 heavy (non-hydrogen) atoms. The van der Waals surface area contributed by atoms with Crippen LogP contribution in [0.2, 0.25) is 5.02 Å². The first-order valence-corrected chi connectivity index (χ1v) is 7.50. The van der Waals surface area contributed by atoms with Crippen molar-refractivity contribution >= 4 is 23.2 Å². The molecule has 0 fully saturated rings. The SMILES string of the molecule is O=C(CCNCc1cccnc1)Nc1cc(C(F)(F)F)ccc1Cl. The molecular weight excluding hydrogens is 343 g/mol. The Morgan fingerprint density at radius 3 is 2.71 bits per heavy atom. The first kappa shape index (κ1) is 18.2. The van der Waals surface area contributed by atoms with E-state index in [2.05, 4.69) is 15.6 Å². The van der Waals surface area contributed by atoms with E-state index in [1.165, 1.54) is 0 Å². The van der Waals surface area contributed by atoms with Gasteiger partial charge in [-0.05, 0) is 29.8 Å². The summed E-state index contributed by atoms with van der Waals surface area (Å²) in [4.78, 5) is 15.8. The smallest absolute Gasteiger partial charge is 0.325 e. The fraction of sp³-hybridized carbons (Fsp3) is 0.250. The van der Waals surface area contributed by atoms with E-state index < -0.39 is 17.6 Å². The van der Waals surface area contributed by atoms with Crippen LogP contribution in [0.1, 0.15) is 17.5 Å². The van der Waals surface area contributed by atoms with Gasteiger partial charge < -0.3 is 10.6 Å². The van der Waals surface area contributed by atoms with Crippen molar-refractivity contribution in [3.63, 3.8) is 0 Å². The van der Waals surface area contributed by atoms with E-state index in [0.717, 1.165) is 23.8 Å². The van der Waals surface area contributed by atoms with E-state index >= 15 is 0 Å². The lowest BCUT2D eigenvalue weighted by atomic mass is 10.2. The maximum Gasteiger partial charge on any atom is 0.416 e. The number of carbonyl (C=O) groups excluding carboxylic acids is 1. The van der Waals surface area contributed by atoms with Gasteiger partial charge in [0.1, 0.15) is 0 Å². The summed E-state index contributed by atoms with van der Waals surface area (Å²) >= 11 is 5.83. The van der Waals surface area contributed by atoms with Gasteiger partial charge in [0.05, 0.1) is 16.3 Å². The first-order valence-electron chi connectivity index (χ1n) is 7.12. The molecule has 1 aromatic carbocycles. The van der Waals surface area contributed by atoms with Crippen LogP contribution in [0.15, 0.2) is 42.7 Å². The molecule has 0 spiro atoms. The van der Waals surface area contributed by atoms with Gasteiger partial charge in [0.15, 0.2) is 0 Å². The minimum absolute atomic E-state index is 0.0521. The predicted molar refractivity (Wildman–Crippen MR) is 85.6 cm³/mol. The van der Waals surface area contributed by atoms with E-state index in [4.69, 9.17) is 11.6 Å². The zero-order valence-corrected chi connectivity index (χ0v) is 13.3. The molecule has 1 aromatic heterocycles. The summed E-state index contributed by atoms with van der Waals surface area (Å²) in [5, 5.41) is 5.51. The summed E-state index contributed by atoms with van der Waals surface area (Å²) in [6.07, 6.45) is -1.02. The van der Waals surface area contributed by atoms with Gasteiger partial charge in [0, 0.05) is 31.9 Å². The van der Waals surface area contributed by atoms with E-state index in [1.54, 1.807) is 18.5 Å². The molecule has 0 saturated heterocycles. The van der Waals surface area contributed by atoms with Crippen LogP contribution in [-0.4, -0.2) is 17.4 Å². The van der Waals surface area contributed by atoms with Crippen molar-refractivity contribution in [2.24, 2.45) is 0 Å². The van der Waals surface area contributed by atoms with Gasteiger partial charge >= 0.3 is 6.18 Å². The summed E-state index contributed by atoms with van der Waals surface area (Å²) in [5.41, 5.74) is 0.0551. The van der Waals surface area contributed by atoms with Crippen molar-refractivity contribution < 1.29 is 18.0 Å². The Bertz CT molecular complexity index is 693. The zero-order chi connectivity index (χ0) is 17.6. The molecule has 0 aliphatic heterocycles. The highest BCUT2D eigenvalue weighted by atomic mass is 35.5. The number of alkyl halides is 3. The third kappa shape index (κ3) is 5.50. The van der Waals surface area contributed by atoms with Gasteiger partial charge in [-0.25, -0.2) is 0 Å². The largest absolute Gasteiger partial charge is 0.416 e. The summed E-state index contributed by atoms with van der Waals surface area (Å²) in [6, 6.07) is 6.50. The fourth-order valence-electron chi connectivity index (χ4n) is 1.95. The normalized spacial score (nSPS) is 11.3. The molecule has 0 bridgehead atoms. The third-order valence-corrected chi connectivity index (χ3v) is 3.48. The number of rotatable bonds is 6. The molecule has 0 saturated carbocycles. The standard InChI is InChI=1S/C16H15ClF3N3O/c17-13-4-3-12(16(18,19)20)8-14(13)23-15(24)5-7-22-10-11-2-1-6-21-9-11/h1-4,6,8-9,22H,5,7,10H2,(H,23,24). The highest BCUT2D eigenvalue weighted by molar-refractivity contribution is 6.33. The lowest BCUT2D eigenvalue weighted by Crippen LogP contribution is -2.21. The zero-order valence-electron chi connectivity index (χ0n) is 12.5. The molecule has 0 unspecified atom stereocenters. The van der Waals surface area contributed by atoms with Gasteiger partial charge in [0.2, 0.25) is 5.91 Å². The molecule has 2 aromatic rings. The van der Waals surface area contributed by atoms with Crippen molar-refractivity contribution in [2.75, 3.05) is 11.9 Å². The summed E-state index contributed by atoms with van der Waals surface area (Å²) in [5.74, 6) is -0.421. The Labute approximate surface area is 142 Å². The number of anilines is 1. The van der Waals surface area contributed by atoms with Crippen LogP contribution in [-0.2, 0) is 17.5 Å². The first-order chi connectivity index (χ1) is 11.4. The van der Waals surface area contributed by atoms with Crippen molar-refractivity contribution in [1.29, 1.82) is 0 Å². The minimum atomic E-state index is -4.49.